The van der Waals surface area contributed by atoms with Gasteiger partial charge in [0.2, 0.25) is 5.91 Å². The first-order chi connectivity index (χ1) is 14.0. The van der Waals surface area contributed by atoms with E-state index in [1.807, 2.05) is 24.3 Å². The Kier molecular flexibility index (Phi) is 7.50. The van der Waals surface area contributed by atoms with E-state index in [0.717, 1.165) is 50.4 Å². The summed E-state index contributed by atoms with van der Waals surface area (Å²) in [4.78, 5) is 28.4. The lowest BCUT2D eigenvalue weighted by molar-refractivity contribution is -0.127. The molecule has 7 heteroatoms. The molecule has 1 aliphatic carbocycles. The van der Waals surface area contributed by atoms with Crippen molar-refractivity contribution in [2.24, 2.45) is 0 Å². The third kappa shape index (κ3) is 5.93. The van der Waals surface area contributed by atoms with E-state index < -0.39 is 0 Å². The Balaban J connectivity index is 1.53. The predicted octanol–water partition coefficient (Wildman–Crippen LogP) is 2.47. The number of rotatable bonds is 6. The second kappa shape index (κ2) is 10.1. The summed E-state index contributed by atoms with van der Waals surface area (Å²) in [6.07, 6.45) is 6.33. The minimum Gasteiger partial charge on any atom is -0.379 e. The van der Waals surface area contributed by atoms with Crippen molar-refractivity contribution in [3.63, 3.8) is 0 Å². The predicted molar refractivity (Wildman–Crippen MR) is 114 cm³/mol. The average molecular weight is 403 g/mol. The Morgan fingerprint density at radius 1 is 1.07 bits per heavy atom. The number of amides is 3. The summed E-state index contributed by atoms with van der Waals surface area (Å²) in [6, 6.07) is 7.27. The maximum Gasteiger partial charge on any atom is 0.319 e. The Morgan fingerprint density at radius 3 is 2.34 bits per heavy atom. The zero-order valence-corrected chi connectivity index (χ0v) is 17.7. The molecule has 1 heterocycles. The van der Waals surface area contributed by atoms with Gasteiger partial charge in [-0.1, -0.05) is 31.4 Å². The molecular weight excluding hydrogens is 368 g/mol. The molecule has 0 spiro atoms. The Bertz CT molecular complexity index is 678. The number of ether oxygens (including phenoxy) is 1. The molecule has 0 radical (unpaired) electrons. The zero-order chi connectivity index (χ0) is 20.7. The lowest BCUT2D eigenvalue weighted by Gasteiger charge is -2.48. The Hall–Kier alpha value is -2.12. The standard InChI is InChI=1S/C22H34N4O3/c1-25(2)20(27)16-18-6-8-19(9-7-18)24-21(28)23-17-22(10-4-3-5-11-22)26-12-14-29-15-13-26/h6-9H,3-5,10-17H2,1-2H3,(H2,23,24,28). The van der Waals surface area contributed by atoms with Gasteiger partial charge in [-0.3, -0.25) is 9.69 Å². The molecule has 7 nitrogen and oxygen atoms in total. The third-order valence-corrected chi connectivity index (χ3v) is 6.11. The number of benzene rings is 1. The van der Waals surface area contributed by atoms with Crippen LogP contribution >= 0.6 is 0 Å². The van der Waals surface area contributed by atoms with Crippen LogP contribution in [-0.4, -0.2) is 74.2 Å². The summed E-state index contributed by atoms with van der Waals surface area (Å²) < 4.78 is 5.52. The molecule has 3 amide bonds. The number of hydrogen-bond donors (Lipinski definition) is 2. The Morgan fingerprint density at radius 2 is 1.72 bits per heavy atom. The van der Waals surface area contributed by atoms with E-state index in [4.69, 9.17) is 4.74 Å². The molecule has 1 aromatic rings. The highest BCUT2D eigenvalue weighted by Crippen LogP contribution is 2.33. The highest BCUT2D eigenvalue weighted by atomic mass is 16.5. The number of morpholine rings is 1. The second-order valence-electron chi connectivity index (χ2n) is 8.35. The summed E-state index contributed by atoms with van der Waals surface area (Å²) in [6.45, 7) is 4.09. The molecule has 2 fully saturated rings. The van der Waals surface area contributed by atoms with Crippen molar-refractivity contribution in [2.45, 2.75) is 44.1 Å². The van der Waals surface area contributed by atoms with Crippen molar-refractivity contribution in [2.75, 3.05) is 52.3 Å². The summed E-state index contributed by atoms with van der Waals surface area (Å²) in [5, 5.41) is 6.02. The summed E-state index contributed by atoms with van der Waals surface area (Å²) in [5.41, 5.74) is 1.71. The van der Waals surface area contributed by atoms with Gasteiger partial charge in [0.25, 0.3) is 0 Å². The molecule has 3 rings (SSSR count). The van der Waals surface area contributed by atoms with Crippen LogP contribution in [0.2, 0.25) is 0 Å². The molecule has 0 bridgehead atoms. The number of likely N-dealkylation sites (N-methyl/N-ethyl adjacent to an activating group) is 1. The van der Waals surface area contributed by atoms with Gasteiger partial charge in [-0.25, -0.2) is 4.79 Å². The van der Waals surface area contributed by atoms with Gasteiger partial charge in [0, 0.05) is 45.0 Å². The van der Waals surface area contributed by atoms with Gasteiger partial charge in [-0.05, 0) is 30.5 Å². The van der Waals surface area contributed by atoms with Crippen LogP contribution in [0.4, 0.5) is 10.5 Å². The monoisotopic (exact) mass is 402 g/mol. The van der Waals surface area contributed by atoms with Gasteiger partial charge in [0.05, 0.1) is 19.6 Å². The highest BCUT2D eigenvalue weighted by Gasteiger charge is 2.38. The van der Waals surface area contributed by atoms with Gasteiger partial charge in [0.1, 0.15) is 0 Å². The van der Waals surface area contributed by atoms with Crippen molar-refractivity contribution in [3.8, 4) is 0 Å². The number of carbonyl (C=O) groups excluding carboxylic acids is 2. The molecule has 2 aliphatic rings. The van der Waals surface area contributed by atoms with Crippen molar-refractivity contribution in [1.29, 1.82) is 0 Å². The first kappa shape index (κ1) is 21.6. The Labute approximate surface area is 173 Å². The minimum atomic E-state index is -0.180. The molecule has 0 aromatic heterocycles. The van der Waals surface area contributed by atoms with E-state index in [0.29, 0.717) is 13.0 Å². The number of carbonyl (C=O) groups is 2. The van der Waals surface area contributed by atoms with E-state index in [1.165, 1.54) is 19.3 Å². The summed E-state index contributed by atoms with van der Waals surface area (Å²) in [7, 11) is 3.50. The molecule has 1 saturated carbocycles. The van der Waals surface area contributed by atoms with Crippen LogP contribution in [0.25, 0.3) is 0 Å². The van der Waals surface area contributed by atoms with Gasteiger partial charge in [-0.15, -0.1) is 0 Å². The van der Waals surface area contributed by atoms with Gasteiger partial charge >= 0.3 is 6.03 Å². The minimum absolute atomic E-state index is 0.0514. The fourth-order valence-electron chi connectivity index (χ4n) is 4.31. The normalized spacial score (nSPS) is 19.4. The lowest BCUT2D eigenvalue weighted by Crippen LogP contribution is -2.60. The highest BCUT2D eigenvalue weighted by molar-refractivity contribution is 5.89. The first-order valence-electron chi connectivity index (χ1n) is 10.7. The van der Waals surface area contributed by atoms with Crippen LogP contribution < -0.4 is 10.6 Å². The van der Waals surface area contributed by atoms with E-state index in [2.05, 4.69) is 15.5 Å². The van der Waals surface area contributed by atoms with Gasteiger partial charge < -0.3 is 20.3 Å². The quantitative estimate of drug-likeness (QED) is 0.767. The van der Waals surface area contributed by atoms with Crippen LogP contribution in [0.1, 0.15) is 37.7 Å². The molecule has 1 aliphatic heterocycles. The van der Waals surface area contributed by atoms with Crippen molar-refractivity contribution < 1.29 is 14.3 Å². The van der Waals surface area contributed by atoms with E-state index in [-0.39, 0.29) is 17.5 Å². The van der Waals surface area contributed by atoms with Crippen LogP contribution in [0, 0.1) is 0 Å². The molecular formula is C22H34N4O3. The number of urea groups is 1. The maximum absolute atomic E-state index is 12.5. The largest absolute Gasteiger partial charge is 0.379 e. The van der Waals surface area contributed by atoms with Crippen molar-refractivity contribution >= 4 is 17.6 Å². The second-order valence-corrected chi connectivity index (χ2v) is 8.35. The summed E-state index contributed by atoms with van der Waals surface area (Å²) >= 11 is 0. The molecule has 0 atom stereocenters. The zero-order valence-electron chi connectivity index (χ0n) is 17.7. The van der Waals surface area contributed by atoms with Gasteiger partial charge in [-0.2, -0.15) is 0 Å². The lowest BCUT2D eigenvalue weighted by atomic mass is 9.80. The SMILES string of the molecule is CN(C)C(=O)Cc1ccc(NC(=O)NCC2(N3CCOCC3)CCCCC2)cc1. The molecule has 1 aromatic carbocycles. The fraction of sp³-hybridized carbons (Fsp3) is 0.636. The van der Waals surface area contributed by atoms with Crippen molar-refractivity contribution in [3.05, 3.63) is 29.8 Å². The maximum atomic E-state index is 12.5. The van der Waals surface area contributed by atoms with Crippen LogP contribution in [0.5, 0.6) is 0 Å². The van der Waals surface area contributed by atoms with Gasteiger partial charge in [0.15, 0.2) is 0 Å². The third-order valence-electron chi connectivity index (χ3n) is 6.11. The molecule has 1 saturated heterocycles. The van der Waals surface area contributed by atoms with Crippen LogP contribution in [0.15, 0.2) is 24.3 Å². The summed E-state index contributed by atoms with van der Waals surface area (Å²) in [5.74, 6) is 0.0596. The number of nitrogens with one attached hydrogen (secondary N) is 2. The van der Waals surface area contributed by atoms with E-state index >= 15 is 0 Å². The molecule has 29 heavy (non-hydrogen) atoms. The van der Waals surface area contributed by atoms with Crippen LogP contribution in [0.3, 0.4) is 0 Å². The first-order valence-corrected chi connectivity index (χ1v) is 10.7. The molecule has 2 N–H and O–H groups in total. The smallest absolute Gasteiger partial charge is 0.319 e. The number of hydrogen-bond acceptors (Lipinski definition) is 4. The topological polar surface area (TPSA) is 73.9 Å². The molecule has 0 unspecified atom stereocenters. The van der Waals surface area contributed by atoms with E-state index in [9.17, 15) is 9.59 Å². The number of anilines is 1. The fourth-order valence-corrected chi connectivity index (χ4v) is 4.31. The van der Waals surface area contributed by atoms with Crippen molar-refractivity contribution in [1.82, 2.24) is 15.1 Å². The average Bonchev–Trinajstić information content (AvgIpc) is 2.75. The van der Waals surface area contributed by atoms with Crippen LogP contribution in [-0.2, 0) is 16.0 Å². The molecule has 160 valence electrons. The van der Waals surface area contributed by atoms with E-state index in [1.54, 1.807) is 19.0 Å². The number of nitrogens with zero attached hydrogens (tertiary/aromatic N) is 2.